The van der Waals surface area contributed by atoms with Crippen LogP contribution in [0.2, 0.25) is 0 Å². The van der Waals surface area contributed by atoms with Gasteiger partial charge in [-0.1, -0.05) is 39.0 Å². The molecule has 4 rings (SSSR count). The Labute approximate surface area is 200 Å². The minimum absolute atomic E-state index is 0.0642. The third-order valence-corrected chi connectivity index (χ3v) is 5.69. The van der Waals surface area contributed by atoms with Crippen molar-refractivity contribution < 1.29 is 13.9 Å². The number of hydrogen-bond acceptors (Lipinski definition) is 5. The summed E-state index contributed by atoms with van der Waals surface area (Å²) in [5.74, 6) is 1.33. The van der Waals surface area contributed by atoms with E-state index < -0.39 is 0 Å². The molecule has 6 nitrogen and oxygen atoms in total. The summed E-state index contributed by atoms with van der Waals surface area (Å²) in [6, 6.07) is 21.2. The molecular formula is C28H29N3O3. The van der Waals surface area contributed by atoms with Crippen LogP contribution in [-0.2, 0) is 10.2 Å². The minimum atomic E-state index is -0.232. The Morgan fingerprint density at radius 2 is 1.44 bits per heavy atom. The van der Waals surface area contributed by atoms with Gasteiger partial charge in [-0.3, -0.25) is 4.79 Å². The number of ether oxygens (including phenoxy) is 1. The van der Waals surface area contributed by atoms with E-state index in [9.17, 15) is 4.79 Å². The van der Waals surface area contributed by atoms with Gasteiger partial charge in [-0.15, -0.1) is 10.2 Å². The fourth-order valence-corrected chi connectivity index (χ4v) is 3.42. The second kappa shape index (κ2) is 9.51. The van der Waals surface area contributed by atoms with Gasteiger partial charge in [0.05, 0.1) is 0 Å². The maximum atomic E-state index is 12.3. The lowest BCUT2D eigenvalue weighted by Crippen LogP contribution is -2.20. The molecule has 6 heteroatoms. The molecule has 0 aliphatic rings. The summed E-state index contributed by atoms with van der Waals surface area (Å²) >= 11 is 0. The molecular weight excluding hydrogens is 426 g/mol. The average molecular weight is 456 g/mol. The summed E-state index contributed by atoms with van der Waals surface area (Å²) in [6.07, 6.45) is 0. The molecule has 4 aromatic rings. The van der Waals surface area contributed by atoms with Crippen LogP contribution in [0.15, 0.2) is 71.1 Å². The van der Waals surface area contributed by atoms with E-state index in [4.69, 9.17) is 9.15 Å². The number of carbonyl (C=O) groups is 1. The van der Waals surface area contributed by atoms with Crippen LogP contribution in [0.1, 0.15) is 37.5 Å². The molecule has 3 aromatic carbocycles. The van der Waals surface area contributed by atoms with Gasteiger partial charge >= 0.3 is 0 Å². The Hall–Kier alpha value is -3.93. The number of anilines is 1. The molecule has 0 saturated carbocycles. The molecule has 174 valence electrons. The van der Waals surface area contributed by atoms with E-state index in [0.717, 1.165) is 16.7 Å². The number of nitrogens with one attached hydrogen (secondary N) is 1. The predicted octanol–water partition coefficient (Wildman–Crippen LogP) is 6.34. The smallest absolute Gasteiger partial charge is 0.262 e. The summed E-state index contributed by atoms with van der Waals surface area (Å²) in [4.78, 5) is 12.3. The quantitative estimate of drug-likeness (QED) is 0.367. The third-order valence-electron chi connectivity index (χ3n) is 5.69. The molecule has 0 unspecified atom stereocenters. The summed E-state index contributed by atoms with van der Waals surface area (Å²) < 4.78 is 11.5. The predicted molar refractivity (Wildman–Crippen MR) is 134 cm³/mol. The number of rotatable bonds is 6. The highest BCUT2D eigenvalue weighted by molar-refractivity contribution is 5.92. The van der Waals surface area contributed by atoms with Crippen LogP contribution in [0, 0.1) is 13.8 Å². The molecule has 0 aliphatic heterocycles. The number of benzene rings is 3. The third kappa shape index (κ3) is 5.52. The molecule has 0 atom stereocenters. The molecule has 1 aromatic heterocycles. The van der Waals surface area contributed by atoms with Gasteiger partial charge in [0.15, 0.2) is 6.61 Å². The van der Waals surface area contributed by atoms with Crippen molar-refractivity contribution in [3.8, 4) is 28.7 Å². The number of amides is 1. The summed E-state index contributed by atoms with van der Waals surface area (Å²) in [5.41, 5.74) is 5.95. The number of aromatic nitrogens is 2. The molecule has 0 bridgehead atoms. The first-order valence-electron chi connectivity index (χ1n) is 11.2. The first kappa shape index (κ1) is 23.2. The second-order valence-corrected chi connectivity index (χ2v) is 9.40. The molecule has 0 radical (unpaired) electrons. The first-order valence-corrected chi connectivity index (χ1v) is 11.2. The molecule has 1 amide bonds. The van der Waals surface area contributed by atoms with Gasteiger partial charge in [0.25, 0.3) is 5.91 Å². The van der Waals surface area contributed by atoms with Gasteiger partial charge in [-0.05, 0) is 84.5 Å². The lowest BCUT2D eigenvalue weighted by molar-refractivity contribution is -0.118. The molecule has 0 saturated heterocycles. The maximum absolute atomic E-state index is 12.3. The summed E-state index contributed by atoms with van der Waals surface area (Å²) in [6.45, 7) is 10.5. The summed E-state index contributed by atoms with van der Waals surface area (Å²) in [5, 5.41) is 11.2. The lowest BCUT2D eigenvalue weighted by atomic mass is 9.87. The SMILES string of the molecule is Cc1ccc(OCC(=O)Nc2ccc(-c3nnc(-c4ccc(C(C)(C)C)cc4)o3)cc2)cc1C. The van der Waals surface area contributed by atoms with Crippen molar-refractivity contribution in [2.75, 3.05) is 11.9 Å². The van der Waals surface area contributed by atoms with E-state index >= 15 is 0 Å². The van der Waals surface area contributed by atoms with E-state index in [1.165, 1.54) is 11.1 Å². The highest BCUT2D eigenvalue weighted by Crippen LogP contribution is 2.28. The van der Waals surface area contributed by atoms with Gasteiger partial charge in [0.1, 0.15) is 5.75 Å². The zero-order chi connectivity index (χ0) is 24.3. The van der Waals surface area contributed by atoms with Gasteiger partial charge in [0.2, 0.25) is 11.8 Å². The van der Waals surface area contributed by atoms with Crippen LogP contribution in [0.4, 0.5) is 5.69 Å². The molecule has 0 fully saturated rings. The standard InChI is InChI=1S/C28H29N3O3/c1-18-6-15-24(16-19(18)2)33-17-25(32)29-23-13-9-21(10-14-23)27-31-30-26(34-27)20-7-11-22(12-8-20)28(3,4)5/h6-16H,17H2,1-5H3,(H,29,32). The zero-order valence-corrected chi connectivity index (χ0v) is 20.2. The largest absolute Gasteiger partial charge is 0.484 e. The van der Waals surface area contributed by atoms with E-state index in [0.29, 0.717) is 23.2 Å². The van der Waals surface area contributed by atoms with Crippen molar-refractivity contribution in [1.82, 2.24) is 10.2 Å². The summed E-state index contributed by atoms with van der Waals surface area (Å²) in [7, 11) is 0. The number of hydrogen-bond donors (Lipinski definition) is 1. The molecule has 0 aliphatic carbocycles. The topological polar surface area (TPSA) is 77.2 Å². The second-order valence-electron chi connectivity index (χ2n) is 9.40. The molecule has 1 N–H and O–H groups in total. The zero-order valence-electron chi connectivity index (χ0n) is 20.2. The Morgan fingerprint density at radius 3 is 2.00 bits per heavy atom. The van der Waals surface area contributed by atoms with Crippen LogP contribution in [0.25, 0.3) is 22.9 Å². The van der Waals surface area contributed by atoms with Crippen LogP contribution in [-0.4, -0.2) is 22.7 Å². The van der Waals surface area contributed by atoms with Crippen LogP contribution >= 0.6 is 0 Å². The minimum Gasteiger partial charge on any atom is -0.484 e. The highest BCUT2D eigenvalue weighted by atomic mass is 16.5. The molecule has 34 heavy (non-hydrogen) atoms. The van der Waals surface area contributed by atoms with E-state index in [1.54, 1.807) is 12.1 Å². The lowest BCUT2D eigenvalue weighted by Gasteiger charge is -2.18. The van der Waals surface area contributed by atoms with Gasteiger partial charge in [-0.2, -0.15) is 0 Å². The van der Waals surface area contributed by atoms with E-state index in [1.807, 2.05) is 56.3 Å². The van der Waals surface area contributed by atoms with Crippen molar-refractivity contribution in [2.45, 2.75) is 40.0 Å². The number of aryl methyl sites for hydroxylation is 2. The normalized spacial score (nSPS) is 11.3. The fourth-order valence-electron chi connectivity index (χ4n) is 3.42. The first-order chi connectivity index (χ1) is 16.2. The van der Waals surface area contributed by atoms with Gasteiger partial charge < -0.3 is 14.5 Å². The van der Waals surface area contributed by atoms with Gasteiger partial charge in [0, 0.05) is 16.8 Å². The Morgan fingerprint density at radius 1 is 0.853 bits per heavy atom. The van der Waals surface area contributed by atoms with Crippen LogP contribution in [0.5, 0.6) is 5.75 Å². The number of nitrogens with zero attached hydrogens (tertiary/aromatic N) is 2. The van der Waals surface area contributed by atoms with Crippen molar-refractivity contribution in [3.63, 3.8) is 0 Å². The molecule has 1 heterocycles. The highest BCUT2D eigenvalue weighted by Gasteiger charge is 2.15. The Bertz CT molecular complexity index is 1280. The van der Waals surface area contributed by atoms with Gasteiger partial charge in [-0.25, -0.2) is 0 Å². The maximum Gasteiger partial charge on any atom is 0.262 e. The van der Waals surface area contributed by atoms with Crippen molar-refractivity contribution in [2.24, 2.45) is 0 Å². The van der Waals surface area contributed by atoms with Crippen molar-refractivity contribution in [3.05, 3.63) is 83.4 Å². The molecule has 0 spiro atoms. The van der Waals surface area contributed by atoms with E-state index in [-0.39, 0.29) is 17.9 Å². The average Bonchev–Trinajstić information content (AvgIpc) is 3.30. The number of carbonyl (C=O) groups excluding carboxylic acids is 1. The fraction of sp³-hybridized carbons (Fsp3) is 0.250. The van der Waals surface area contributed by atoms with Crippen LogP contribution in [0.3, 0.4) is 0 Å². The van der Waals surface area contributed by atoms with E-state index in [2.05, 4.69) is 48.4 Å². The Balaban J connectivity index is 1.36. The Kier molecular flexibility index (Phi) is 6.50. The van der Waals surface area contributed by atoms with Crippen LogP contribution < -0.4 is 10.1 Å². The monoisotopic (exact) mass is 455 g/mol. The van der Waals surface area contributed by atoms with Crippen molar-refractivity contribution >= 4 is 11.6 Å². The van der Waals surface area contributed by atoms with Crippen molar-refractivity contribution in [1.29, 1.82) is 0 Å².